The predicted octanol–water partition coefficient (Wildman–Crippen LogP) is 3.29. The molecule has 3 aromatic rings. The third-order valence-corrected chi connectivity index (χ3v) is 5.72. The van der Waals surface area contributed by atoms with Crippen LogP contribution in [0.15, 0.2) is 47.2 Å². The second kappa shape index (κ2) is 8.93. The highest BCUT2D eigenvalue weighted by Crippen LogP contribution is 2.22. The minimum atomic E-state index is -0.366. The van der Waals surface area contributed by atoms with Crippen LogP contribution in [-0.4, -0.2) is 51.7 Å². The van der Waals surface area contributed by atoms with Gasteiger partial charge in [0.1, 0.15) is 5.82 Å². The lowest BCUT2D eigenvalue weighted by atomic mass is 9.97. The molecule has 2 aromatic heterocycles. The molecule has 0 saturated carbocycles. The number of hydrogen-bond donors (Lipinski definition) is 1. The van der Waals surface area contributed by atoms with E-state index in [0.717, 1.165) is 34.8 Å². The van der Waals surface area contributed by atoms with Gasteiger partial charge in [0.25, 0.3) is 0 Å². The van der Waals surface area contributed by atoms with Crippen LogP contribution in [0.25, 0.3) is 10.9 Å². The van der Waals surface area contributed by atoms with Crippen molar-refractivity contribution < 1.29 is 14.3 Å². The van der Waals surface area contributed by atoms with Crippen LogP contribution < -0.4 is 5.32 Å². The number of rotatable bonds is 5. The van der Waals surface area contributed by atoms with E-state index in [1.54, 1.807) is 30.6 Å². The Hall–Kier alpha value is -2.78. The number of esters is 1. The average molecular weight is 472 g/mol. The fourth-order valence-electron chi connectivity index (χ4n) is 3.71. The van der Waals surface area contributed by atoms with E-state index >= 15 is 0 Å². The van der Waals surface area contributed by atoms with Crippen molar-refractivity contribution in [1.29, 1.82) is 0 Å². The Kier molecular flexibility index (Phi) is 6.10. The first-order chi connectivity index (χ1) is 14.5. The zero-order valence-electron chi connectivity index (χ0n) is 16.5. The minimum absolute atomic E-state index is 0.0115. The lowest BCUT2D eigenvalue weighted by Gasteiger charge is -2.31. The SMILES string of the molecule is COC(=O)c1ccc2c(cnn2CN2CCCC(C(=O)Nc3ccc(Br)cn3)C2)c1. The van der Waals surface area contributed by atoms with E-state index in [0.29, 0.717) is 24.6 Å². The van der Waals surface area contributed by atoms with Gasteiger partial charge in [0.05, 0.1) is 37.0 Å². The van der Waals surface area contributed by atoms with Crippen LogP contribution in [0, 0.1) is 5.92 Å². The van der Waals surface area contributed by atoms with E-state index in [1.807, 2.05) is 16.8 Å². The number of pyridine rings is 1. The normalized spacial score (nSPS) is 17.1. The number of likely N-dealkylation sites (tertiary alicyclic amines) is 1. The number of hydrogen-bond acceptors (Lipinski definition) is 6. The Bertz CT molecular complexity index is 1070. The molecule has 0 aliphatic carbocycles. The van der Waals surface area contributed by atoms with Gasteiger partial charge in [-0.25, -0.2) is 9.78 Å². The molecule has 1 aliphatic heterocycles. The van der Waals surface area contributed by atoms with Gasteiger partial charge in [-0.2, -0.15) is 5.10 Å². The second-order valence-electron chi connectivity index (χ2n) is 7.32. The second-order valence-corrected chi connectivity index (χ2v) is 8.23. The third-order valence-electron chi connectivity index (χ3n) is 5.25. The number of amides is 1. The Morgan fingerprint density at radius 2 is 2.13 bits per heavy atom. The molecule has 0 bridgehead atoms. The number of anilines is 1. The van der Waals surface area contributed by atoms with E-state index in [4.69, 9.17) is 4.74 Å². The molecule has 0 spiro atoms. The van der Waals surface area contributed by atoms with E-state index in [9.17, 15) is 9.59 Å². The summed E-state index contributed by atoms with van der Waals surface area (Å²) in [4.78, 5) is 30.9. The number of fused-ring (bicyclic) bond motifs is 1. The highest BCUT2D eigenvalue weighted by atomic mass is 79.9. The van der Waals surface area contributed by atoms with Crippen LogP contribution >= 0.6 is 15.9 Å². The summed E-state index contributed by atoms with van der Waals surface area (Å²) in [5.74, 6) is 0.0779. The van der Waals surface area contributed by atoms with Gasteiger partial charge in [0.2, 0.25) is 5.91 Å². The summed E-state index contributed by atoms with van der Waals surface area (Å²) in [6.45, 7) is 2.15. The largest absolute Gasteiger partial charge is 0.465 e. The van der Waals surface area contributed by atoms with Gasteiger partial charge < -0.3 is 10.1 Å². The summed E-state index contributed by atoms with van der Waals surface area (Å²) in [6, 6.07) is 9.03. The molecule has 3 heterocycles. The average Bonchev–Trinajstić information content (AvgIpc) is 3.17. The number of nitrogens with one attached hydrogen (secondary N) is 1. The van der Waals surface area contributed by atoms with Gasteiger partial charge in [-0.15, -0.1) is 0 Å². The van der Waals surface area contributed by atoms with Gasteiger partial charge in [-0.3, -0.25) is 14.4 Å². The van der Waals surface area contributed by atoms with E-state index in [2.05, 4.69) is 36.2 Å². The lowest BCUT2D eigenvalue weighted by molar-refractivity contribution is -0.121. The first kappa shape index (κ1) is 20.5. The van der Waals surface area contributed by atoms with Gasteiger partial charge in [0, 0.05) is 22.6 Å². The van der Waals surface area contributed by atoms with Gasteiger partial charge in [0.15, 0.2) is 0 Å². The predicted molar refractivity (Wildman–Crippen MR) is 116 cm³/mol. The van der Waals surface area contributed by atoms with Crippen LogP contribution in [0.3, 0.4) is 0 Å². The highest BCUT2D eigenvalue weighted by molar-refractivity contribution is 9.10. The van der Waals surface area contributed by atoms with Crippen molar-refractivity contribution in [1.82, 2.24) is 19.7 Å². The number of carbonyl (C=O) groups excluding carboxylic acids is 2. The summed E-state index contributed by atoms with van der Waals surface area (Å²) in [5, 5.41) is 8.26. The molecule has 4 rings (SSSR count). The molecular weight excluding hydrogens is 450 g/mol. The molecule has 156 valence electrons. The third kappa shape index (κ3) is 4.52. The molecule has 1 aliphatic rings. The molecular formula is C21H22BrN5O3. The van der Waals surface area contributed by atoms with Crippen LogP contribution in [0.2, 0.25) is 0 Å². The van der Waals surface area contributed by atoms with E-state index < -0.39 is 0 Å². The zero-order valence-corrected chi connectivity index (χ0v) is 18.1. The maximum atomic E-state index is 12.7. The van der Waals surface area contributed by atoms with Crippen LogP contribution in [0.4, 0.5) is 5.82 Å². The summed E-state index contributed by atoms with van der Waals surface area (Å²) in [7, 11) is 1.37. The molecule has 1 amide bonds. The van der Waals surface area contributed by atoms with Gasteiger partial charge in [-0.05, 0) is 65.6 Å². The molecule has 1 aromatic carbocycles. The first-order valence-electron chi connectivity index (χ1n) is 9.72. The van der Waals surface area contributed by atoms with Crippen molar-refractivity contribution in [2.75, 3.05) is 25.5 Å². The Balaban J connectivity index is 1.42. The molecule has 1 saturated heterocycles. The standard InChI is InChI=1S/C21H22BrN5O3/c1-30-21(29)14-4-6-18-16(9-14)10-24-27(18)13-26-8-2-3-15(12-26)20(28)25-19-7-5-17(22)11-23-19/h4-7,9-11,15H,2-3,8,12-13H2,1H3,(H,23,25,28). The monoisotopic (exact) mass is 471 g/mol. The zero-order chi connectivity index (χ0) is 21.1. The summed E-state index contributed by atoms with van der Waals surface area (Å²) < 4.78 is 7.54. The van der Waals surface area contributed by atoms with Crippen molar-refractivity contribution in [3.8, 4) is 0 Å². The van der Waals surface area contributed by atoms with Crippen molar-refractivity contribution in [2.24, 2.45) is 5.92 Å². The Morgan fingerprint density at radius 1 is 1.27 bits per heavy atom. The molecule has 1 N–H and O–H groups in total. The van der Waals surface area contributed by atoms with Crippen molar-refractivity contribution in [3.63, 3.8) is 0 Å². The fraction of sp³-hybridized carbons (Fsp3) is 0.333. The minimum Gasteiger partial charge on any atom is -0.465 e. The molecule has 30 heavy (non-hydrogen) atoms. The highest BCUT2D eigenvalue weighted by Gasteiger charge is 2.26. The topological polar surface area (TPSA) is 89.4 Å². The number of piperidine rings is 1. The molecule has 1 fully saturated rings. The maximum absolute atomic E-state index is 12.7. The molecule has 0 radical (unpaired) electrons. The van der Waals surface area contributed by atoms with Gasteiger partial charge in [-0.1, -0.05) is 0 Å². The number of ether oxygens (including phenoxy) is 1. The smallest absolute Gasteiger partial charge is 0.337 e. The number of halogens is 1. The molecule has 9 heteroatoms. The Labute approximate surface area is 182 Å². The van der Waals surface area contributed by atoms with Crippen molar-refractivity contribution in [2.45, 2.75) is 19.5 Å². The molecule has 1 atom stereocenters. The Morgan fingerprint density at radius 3 is 2.90 bits per heavy atom. The van der Waals surface area contributed by atoms with Crippen LogP contribution in [0.5, 0.6) is 0 Å². The van der Waals surface area contributed by atoms with Crippen molar-refractivity contribution >= 4 is 44.5 Å². The number of nitrogens with zero attached hydrogens (tertiary/aromatic N) is 4. The quantitative estimate of drug-likeness (QED) is 0.574. The summed E-state index contributed by atoms with van der Waals surface area (Å²) >= 11 is 3.34. The van der Waals surface area contributed by atoms with Gasteiger partial charge >= 0.3 is 5.97 Å². The van der Waals surface area contributed by atoms with E-state index in [1.165, 1.54) is 7.11 Å². The number of carbonyl (C=O) groups is 2. The summed E-state index contributed by atoms with van der Waals surface area (Å²) in [6.07, 6.45) is 5.20. The van der Waals surface area contributed by atoms with E-state index in [-0.39, 0.29) is 17.8 Å². The molecule has 1 unspecified atom stereocenters. The fourth-order valence-corrected chi connectivity index (χ4v) is 3.94. The lowest BCUT2D eigenvalue weighted by Crippen LogP contribution is -2.41. The number of aromatic nitrogens is 3. The van der Waals surface area contributed by atoms with Crippen LogP contribution in [0.1, 0.15) is 23.2 Å². The first-order valence-corrected chi connectivity index (χ1v) is 10.5. The number of benzene rings is 1. The van der Waals surface area contributed by atoms with Crippen molar-refractivity contribution in [3.05, 3.63) is 52.8 Å². The molecule has 8 nitrogen and oxygen atoms in total. The maximum Gasteiger partial charge on any atom is 0.337 e. The van der Waals surface area contributed by atoms with Crippen LogP contribution in [-0.2, 0) is 16.2 Å². The number of methoxy groups -OCH3 is 1. The summed E-state index contributed by atoms with van der Waals surface area (Å²) in [5.41, 5.74) is 1.44.